The molecule has 0 saturated carbocycles. The Morgan fingerprint density at radius 1 is 1.03 bits per heavy atom. The quantitative estimate of drug-likeness (QED) is 0.250. The Bertz CT molecular complexity index is 1080. The number of carbonyl (C=O) groups excluding carboxylic acids is 2. The molecule has 0 aliphatic carbocycles. The summed E-state index contributed by atoms with van der Waals surface area (Å²) in [7, 11) is 0. The van der Waals surface area contributed by atoms with E-state index in [1.807, 2.05) is 81.4 Å². The van der Waals surface area contributed by atoms with E-state index in [9.17, 15) is 9.59 Å². The lowest BCUT2D eigenvalue weighted by atomic mass is 10.1. The highest BCUT2D eigenvalue weighted by atomic mass is 79.9. The van der Waals surface area contributed by atoms with Gasteiger partial charge in [0.15, 0.2) is 0 Å². The number of hydrogen-bond donors (Lipinski definition) is 0. The van der Waals surface area contributed by atoms with Crippen LogP contribution in [0.1, 0.15) is 39.2 Å². The first-order valence-corrected chi connectivity index (χ1v) is 11.4. The Balaban J connectivity index is 2.03. The summed E-state index contributed by atoms with van der Waals surface area (Å²) in [5, 5.41) is 1.87. The molecule has 6 heteroatoms. The molecule has 3 rings (SSSR count). The molecule has 1 amide bonds. The summed E-state index contributed by atoms with van der Waals surface area (Å²) in [4.78, 5) is 25.5. The fourth-order valence-electron chi connectivity index (χ4n) is 3.30. The number of hydrogen-bond acceptors (Lipinski definition) is 4. The van der Waals surface area contributed by atoms with Crippen molar-refractivity contribution < 1.29 is 19.1 Å². The van der Waals surface area contributed by atoms with Gasteiger partial charge in [-0.25, -0.2) is 4.79 Å². The second kappa shape index (κ2) is 10.6. The standard InChI is InChI=1S/C26H28BrNO4/c1-26(2,3)32-25(30)28(15-9-10-16-29)22-17-23(31-18-19-11-5-4-6-12-19)20-13-7-8-14-21(20)24(22)27/h4-8,11-14,16-17H,9-10,15,18H2,1-3H3. The lowest BCUT2D eigenvalue weighted by molar-refractivity contribution is -0.107. The van der Waals surface area contributed by atoms with Crippen LogP contribution < -0.4 is 9.64 Å². The fourth-order valence-corrected chi connectivity index (χ4v) is 3.98. The minimum Gasteiger partial charge on any atom is -0.488 e. The number of rotatable bonds is 8. The SMILES string of the molecule is CC(C)(C)OC(=O)N(CCCC=O)c1cc(OCc2ccccc2)c2ccccc2c1Br. The Morgan fingerprint density at radius 2 is 1.69 bits per heavy atom. The van der Waals surface area contributed by atoms with Crippen LogP contribution in [0.25, 0.3) is 10.8 Å². The number of anilines is 1. The molecule has 5 nitrogen and oxygen atoms in total. The minimum atomic E-state index is -0.643. The lowest BCUT2D eigenvalue weighted by Gasteiger charge is -2.29. The number of unbranched alkanes of at least 4 members (excludes halogenated alkanes) is 1. The van der Waals surface area contributed by atoms with Crippen molar-refractivity contribution in [2.24, 2.45) is 0 Å². The highest BCUT2D eigenvalue weighted by molar-refractivity contribution is 9.10. The summed E-state index contributed by atoms with van der Waals surface area (Å²) in [6, 6.07) is 19.7. The largest absolute Gasteiger partial charge is 0.488 e. The first-order chi connectivity index (χ1) is 15.3. The van der Waals surface area contributed by atoms with Gasteiger partial charge in [0.2, 0.25) is 0 Å². The van der Waals surface area contributed by atoms with Crippen molar-refractivity contribution in [1.29, 1.82) is 0 Å². The second-order valence-corrected chi connectivity index (χ2v) is 9.26. The molecule has 3 aromatic carbocycles. The van der Waals surface area contributed by atoms with Gasteiger partial charge in [0, 0.05) is 34.3 Å². The van der Waals surface area contributed by atoms with Crippen LogP contribution in [0.5, 0.6) is 5.75 Å². The summed E-state index contributed by atoms with van der Waals surface area (Å²) >= 11 is 3.70. The topological polar surface area (TPSA) is 55.8 Å². The predicted octanol–water partition coefficient (Wildman–Crippen LogP) is 6.90. The summed E-state index contributed by atoms with van der Waals surface area (Å²) < 4.78 is 12.6. The first kappa shape index (κ1) is 23.8. The monoisotopic (exact) mass is 497 g/mol. The molecule has 0 radical (unpaired) electrons. The minimum absolute atomic E-state index is 0.350. The molecule has 0 unspecified atom stereocenters. The molecule has 0 bridgehead atoms. The number of halogens is 1. The number of aldehydes is 1. The Kier molecular flexibility index (Phi) is 7.91. The van der Waals surface area contributed by atoms with Crippen LogP contribution >= 0.6 is 15.9 Å². The zero-order chi connectivity index (χ0) is 23.1. The number of carbonyl (C=O) groups is 2. The van der Waals surface area contributed by atoms with Crippen molar-refractivity contribution in [3.63, 3.8) is 0 Å². The van der Waals surface area contributed by atoms with Crippen LogP contribution in [0, 0.1) is 0 Å². The fraction of sp³-hybridized carbons (Fsp3) is 0.308. The molecule has 32 heavy (non-hydrogen) atoms. The van der Waals surface area contributed by atoms with E-state index in [0.717, 1.165) is 27.1 Å². The Hall–Kier alpha value is -2.86. The Labute approximate surface area is 197 Å². The molecule has 0 fully saturated rings. The summed E-state index contributed by atoms with van der Waals surface area (Å²) in [6.07, 6.45) is 1.29. The third-order valence-electron chi connectivity index (χ3n) is 4.77. The van der Waals surface area contributed by atoms with E-state index in [2.05, 4.69) is 15.9 Å². The smallest absolute Gasteiger partial charge is 0.414 e. The van der Waals surface area contributed by atoms with Gasteiger partial charge in [0.1, 0.15) is 24.2 Å². The van der Waals surface area contributed by atoms with Gasteiger partial charge in [-0.2, -0.15) is 0 Å². The van der Waals surface area contributed by atoms with Gasteiger partial charge >= 0.3 is 6.09 Å². The summed E-state index contributed by atoms with van der Waals surface area (Å²) in [5.74, 6) is 0.673. The van der Waals surface area contributed by atoms with Crippen LogP contribution in [-0.2, 0) is 16.1 Å². The van der Waals surface area contributed by atoms with E-state index in [0.29, 0.717) is 37.4 Å². The molecule has 0 aliphatic rings. The number of amides is 1. The first-order valence-electron chi connectivity index (χ1n) is 10.6. The molecule has 0 aliphatic heterocycles. The third kappa shape index (κ3) is 6.10. The van der Waals surface area contributed by atoms with Gasteiger partial charge in [0.05, 0.1) is 5.69 Å². The molecular weight excluding hydrogens is 470 g/mol. The molecule has 0 heterocycles. The van der Waals surface area contributed by atoms with Gasteiger partial charge in [-0.3, -0.25) is 4.90 Å². The van der Waals surface area contributed by atoms with E-state index >= 15 is 0 Å². The average molecular weight is 498 g/mol. The van der Waals surface area contributed by atoms with E-state index in [4.69, 9.17) is 9.47 Å². The lowest BCUT2D eigenvalue weighted by Crippen LogP contribution is -2.37. The number of benzene rings is 3. The van der Waals surface area contributed by atoms with Crippen LogP contribution in [0.3, 0.4) is 0 Å². The third-order valence-corrected chi connectivity index (χ3v) is 5.60. The highest BCUT2D eigenvalue weighted by Crippen LogP contribution is 2.40. The summed E-state index contributed by atoms with van der Waals surface area (Å²) in [6.45, 7) is 6.25. The molecular formula is C26H28BrNO4. The maximum absolute atomic E-state index is 13.1. The highest BCUT2D eigenvalue weighted by Gasteiger charge is 2.26. The molecule has 0 atom stereocenters. The van der Waals surface area contributed by atoms with E-state index in [-0.39, 0.29) is 0 Å². The molecule has 3 aromatic rings. The summed E-state index contributed by atoms with van der Waals surface area (Å²) in [5.41, 5.74) is 1.05. The molecule has 0 N–H and O–H groups in total. The average Bonchev–Trinajstić information content (AvgIpc) is 2.76. The van der Waals surface area contributed by atoms with Gasteiger partial charge < -0.3 is 14.3 Å². The maximum Gasteiger partial charge on any atom is 0.414 e. The molecule has 0 saturated heterocycles. The second-order valence-electron chi connectivity index (χ2n) is 8.47. The number of fused-ring (bicyclic) bond motifs is 1. The van der Waals surface area contributed by atoms with Gasteiger partial charge in [0.25, 0.3) is 0 Å². The van der Waals surface area contributed by atoms with Crippen molar-refractivity contribution >= 4 is 44.8 Å². The molecule has 0 spiro atoms. The van der Waals surface area contributed by atoms with Crippen LogP contribution in [0.4, 0.5) is 10.5 Å². The Morgan fingerprint density at radius 3 is 2.34 bits per heavy atom. The van der Waals surface area contributed by atoms with Gasteiger partial charge in [-0.15, -0.1) is 0 Å². The van der Waals surface area contributed by atoms with Crippen LogP contribution in [0.2, 0.25) is 0 Å². The number of ether oxygens (including phenoxy) is 2. The molecule has 168 valence electrons. The predicted molar refractivity (Wildman–Crippen MR) is 131 cm³/mol. The van der Waals surface area contributed by atoms with E-state index < -0.39 is 11.7 Å². The maximum atomic E-state index is 13.1. The van der Waals surface area contributed by atoms with E-state index in [1.54, 1.807) is 4.90 Å². The van der Waals surface area contributed by atoms with Gasteiger partial charge in [-0.1, -0.05) is 54.6 Å². The zero-order valence-electron chi connectivity index (χ0n) is 18.6. The van der Waals surface area contributed by atoms with Crippen LogP contribution in [0.15, 0.2) is 65.1 Å². The van der Waals surface area contributed by atoms with Crippen molar-refractivity contribution in [2.45, 2.75) is 45.8 Å². The van der Waals surface area contributed by atoms with Crippen molar-refractivity contribution in [3.8, 4) is 5.75 Å². The van der Waals surface area contributed by atoms with Crippen molar-refractivity contribution in [1.82, 2.24) is 0 Å². The van der Waals surface area contributed by atoms with Crippen molar-refractivity contribution in [2.75, 3.05) is 11.4 Å². The molecule has 0 aromatic heterocycles. The normalized spacial score (nSPS) is 11.2. The van der Waals surface area contributed by atoms with Gasteiger partial charge in [-0.05, 0) is 48.7 Å². The van der Waals surface area contributed by atoms with Crippen LogP contribution in [-0.4, -0.2) is 24.5 Å². The number of nitrogens with zero attached hydrogens (tertiary/aromatic N) is 1. The zero-order valence-corrected chi connectivity index (χ0v) is 20.2. The van der Waals surface area contributed by atoms with Crippen molar-refractivity contribution in [3.05, 3.63) is 70.7 Å². The van der Waals surface area contributed by atoms with E-state index in [1.165, 1.54) is 0 Å².